The number of carbonyl (C=O) groups excluding carboxylic acids is 1. The summed E-state index contributed by atoms with van der Waals surface area (Å²) in [4.78, 5) is 11.9. The molecule has 126 valence electrons. The van der Waals surface area contributed by atoms with E-state index in [4.69, 9.17) is 4.74 Å². The number of hydrogen-bond acceptors (Lipinski definition) is 4. The minimum atomic E-state index is -0.128. The molecule has 4 rings (SSSR count). The summed E-state index contributed by atoms with van der Waals surface area (Å²) in [6, 6.07) is 10.2. The van der Waals surface area contributed by atoms with Crippen LogP contribution in [0, 0.1) is 0 Å². The first-order valence-electron chi connectivity index (χ1n) is 8.55. The van der Waals surface area contributed by atoms with Gasteiger partial charge in [-0.15, -0.1) is 0 Å². The third-order valence-corrected chi connectivity index (χ3v) is 5.01. The first-order chi connectivity index (χ1) is 11.8. The summed E-state index contributed by atoms with van der Waals surface area (Å²) in [6.45, 7) is 1.29. The van der Waals surface area contributed by atoms with Crippen LogP contribution in [0.3, 0.4) is 0 Å². The Bertz CT molecular complexity index is 710. The number of hydrogen-bond donors (Lipinski definition) is 3. The minimum absolute atomic E-state index is 0.0190. The van der Waals surface area contributed by atoms with Crippen molar-refractivity contribution in [3.63, 3.8) is 0 Å². The molecule has 1 aliphatic heterocycles. The van der Waals surface area contributed by atoms with Crippen LogP contribution < -0.4 is 15.4 Å². The summed E-state index contributed by atoms with van der Waals surface area (Å²) in [5.74, 6) is 0.875. The molecule has 2 aromatic rings. The van der Waals surface area contributed by atoms with Gasteiger partial charge in [-0.05, 0) is 31.4 Å². The molecule has 0 saturated heterocycles. The number of amides is 1. The largest absolute Gasteiger partial charge is 0.487 e. The van der Waals surface area contributed by atoms with Gasteiger partial charge in [0.2, 0.25) is 0 Å². The monoisotopic (exact) mass is 326 g/mol. The number of para-hydroxylation sites is 1. The summed E-state index contributed by atoms with van der Waals surface area (Å²) in [5, 5.41) is 12.9. The Kier molecular flexibility index (Phi) is 3.98. The second-order valence-electron chi connectivity index (χ2n) is 6.61. The SMILES string of the molecule is O=C(NCCN[C@H]1CC2(CCC2)Oc2ccccc21)c1ccn[nH]1. The highest BCUT2D eigenvalue weighted by atomic mass is 16.5. The lowest BCUT2D eigenvalue weighted by molar-refractivity contribution is -0.0368. The van der Waals surface area contributed by atoms with Crippen molar-refractivity contribution in [2.75, 3.05) is 13.1 Å². The molecule has 1 fully saturated rings. The van der Waals surface area contributed by atoms with Crippen LogP contribution in [0.2, 0.25) is 0 Å². The number of carbonyl (C=O) groups is 1. The Labute approximate surface area is 141 Å². The van der Waals surface area contributed by atoms with E-state index in [-0.39, 0.29) is 17.6 Å². The van der Waals surface area contributed by atoms with E-state index in [1.165, 1.54) is 12.0 Å². The van der Waals surface area contributed by atoms with Gasteiger partial charge in [-0.25, -0.2) is 0 Å². The summed E-state index contributed by atoms with van der Waals surface area (Å²) in [7, 11) is 0. The third-order valence-electron chi connectivity index (χ3n) is 5.01. The van der Waals surface area contributed by atoms with Gasteiger partial charge in [0, 0.05) is 37.3 Å². The number of nitrogens with one attached hydrogen (secondary N) is 3. The second kappa shape index (κ2) is 6.28. The molecule has 0 bridgehead atoms. The van der Waals surface area contributed by atoms with E-state index >= 15 is 0 Å². The maximum Gasteiger partial charge on any atom is 0.269 e. The molecule has 3 N–H and O–H groups in total. The van der Waals surface area contributed by atoms with E-state index in [9.17, 15) is 4.79 Å². The predicted molar refractivity (Wildman–Crippen MR) is 89.9 cm³/mol. The van der Waals surface area contributed by atoms with E-state index in [0.717, 1.165) is 31.6 Å². The quantitative estimate of drug-likeness (QED) is 0.736. The van der Waals surface area contributed by atoms with E-state index in [1.54, 1.807) is 12.3 Å². The maximum atomic E-state index is 11.9. The van der Waals surface area contributed by atoms with E-state index < -0.39 is 0 Å². The van der Waals surface area contributed by atoms with Gasteiger partial charge in [-0.3, -0.25) is 9.89 Å². The molecule has 0 radical (unpaired) electrons. The van der Waals surface area contributed by atoms with Crippen LogP contribution in [0.4, 0.5) is 0 Å². The lowest BCUT2D eigenvalue weighted by atomic mass is 9.73. The van der Waals surface area contributed by atoms with Crippen LogP contribution >= 0.6 is 0 Å². The van der Waals surface area contributed by atoms with Crippen LogP contribution in [-0.2, 0) is 0 Å². The highest BCUT2D eigenvalue weighted by Crippen LogP contribution is 2.48. The zero-order chi connectivity index (χ0) is 16.4. The standard InChI is InChI=1S/C18H22N4O2/c23-17(14-6-9-21-22-14)20-11-10-19-15-12-18(7-3-8-18)24-16-5-2-1-4-13(15)16/h1-2,4-6,9,15,19H,3,7-8,10-12H2,(H,20,23)(H,21,22)/t15-/m0/s1. The lowest BCUT2D eigenvalue weighted by Crippen LogP contribution is -2.49. The van der Waals surface area contributed by atoms with Crippen molar-refractivity contribution in [3.8, 4) is 5.75 Å². The van der Waals surface area contributed by atoms with Gasteiger partial charge in [0.1, 0.15) is 17.0 Å². The average Bonchev–Trinajstić information content (AvgIpc) is 3.11. The lowest BCUT2D eigenvalue weighted by Gasteiger charge is -2.48. The van der Waals surface area contributed by atoms with Gasteiger partial charge in [0.15, 0.2) is 0 Å². The van der Waals surface area contributed by atoms with Crippen molar-refractivity contribution in [2.24, 2.45) is 0 Å². The molecule has 2 aliphatic rings. The minimum Gasteiger partial charge on any atom is -0.487 e. The zero-order valence-corrected chi connectivity index (χ0v) is 13.5. The zero-order valence-electron chi connectivity index (χ0n) is 13.5. The molecule has 6 heteroatoms. The van der Waals surface area contributed by atoms with Crippen molar-refractivity contribution in [1.82, 2.24) is 20.8 Å². The Hall–Kier alpha value is -2.34. The number of ether oxygens (including phenoxy) is 1. The van der Waals surface area contributed by atoms with E-state index in [2.05, 4.69) is 39.0 Å². The summed E-state index contributed by atoms with van der Waals surface area (Å²) >= 11 is 0. The van der Waals surface area contributed by atoms with Crippen molar-refractivity contribution in [1.29, 1.82) is 0 Å². The highest BCUT2D eigenvalue weighted by molar-refractivity contribution is 5.92. The molecular weight excluding hydrogens is 304 g/mol. The Morgan fingerprint density at radius 1 is 1.29 bits per heavy atom. The fourth-order valence-electron chi connectivity index (χ4n) is 3.58. The number of aromatic amines is 1. The summed E-state index contributed by atoms with van der Waals surface area (Å²) in [5.41, 5.74) is 1.72. The molecule has 0 unspecified atom stereocenters. The number of H-pyrrole nitrogens is 1. The number of rotatable bonds is 5. The van der Waals surface area contributed by atoms with Crippen LogP contribution in [-0.4, -0.2) is 34.8 Å². The number of aromatic nitrogens is 2. The molecule has 2 heterocycles. The molecule has 1 aromatic carbocycles. The highest BCUT2D eigenvalue weighted by Gasteiger charge is 2.45. The van der Waals surface area contributed by atoms with Crippen molar-refractivity contribution in [3.05, 3.63) is 47.8 Å². The van der Waals surface area contributed by atoms with E-state index in [0.29, 0.717) is 12.2 Å². The van der Waals surface area contributed by atoms with Crippen LogP contribution in [0.5, 0.6) is 5.75 Å². The van der Waals surface area contributed by atoms with Gasteiger partial charge in [0.25, 0.3) is 5.91 Å². The fraction of sp³-hybridized carbons (Fsp3) is 0.444. The Morgan fingerprint density at radius 3 is 2.92 bits per heavy atom. The number of fused-ring (bicyclic) bond motifs is 1. The topological polar surface area (TPSA) is 79.0 Å². The number of benzene rings is 1. The van der Waals surface area contributed by atoms with Crippen molar-refractivity contribution < 1.29 is 9.53 Å². The molecule has 6 nitrogen and oxygen atoms in total. The first kappa shape index (κ1) is 15.2. The average molecular weight is 326 g/mol. The predicted octanol–water partition coefficient (Wildman–Crippen LogP) is 2.18. The van der Waals surface area contributed by atoms with Gasteiger partial charge in [0.05, 0.1) is 0 Å². The molecule has 1 atom stereocenters. The second-order valence-corrected chi connectivity index (χ2v) is 6.61. The van der Waals surface area contributed by atoms with Gasteiger partial charge < -0.3 is 15.4 Å². The molecule has 1 saturated carbocycles. The number of nitrogens with zero attached hydrogens (tertiary/aromatic N) is 1. The van der Waals surface area contributed by atoms with Crippen molar-refractivity contribution in [2.45, 2.75) is 37.3 Å². The molecule has 1 spiro atoms. The molecule has 1 amide bonds. The Balaban J connectivity index is 1.35. The van der Waals surface area contributed by atoms with Crippen molar-refractivity contribution >= 4 is 5.91 Å². The van der Waals surface area contributed by atoms with E-state index in [1.807, 2.05) is 6.07 Å². The normalized spacial score (nSPS) is 20.8. The van der Waals surface area contributed by atoms with Gasteiger partial charge in [-0.2, -0.15) is 5.10 Å². The fourth-order valence-corrected chi connectivity index (χ4v) is 3.58. The smallest absolute Gasteiger partial charge is 0.269 e. The van der Waals surface area contributed by atoms with Gasteiger partial charge >= 0.3 is 0 Å². The summed E-state index contributed by atoms with van der Waals surface area (Å²) < 4.78 is 6.26. The molecule has 24 heavy (non-hydrogen) atoms. The first-order valence-corrected chi connectivity index (χ1v) is 8.55. The summed E-state index contributed by atoms with van der Waals surface area (Å²) in [6.07, 6.45) is 6.09. The molecule has 1 aromatic heterocycles. The van der Waals surface area contributed by atoms with Gasteiger partial charge in [-0.1, -0.05) is 18.2 Å². The Morgan fingerprint density at radius 2 is 2.17 bits per heavy atom. The van der Waals surface area contributed by atoms with Crippen LogP contribution in [0.15, 0.2) is 36.5 Å². The molecular formula is C18H22N4O2. The van der Waals surface area contributed by atoms with Crippen LogP contribution in [0.25, 0.3) is 0 Å². The van der Waals surface area contributed by atoms with Crippen LogP contribution in [0.1, 0.15) is 47.8 Å². The third kappa shape index (κ3) is 2.89. The maximum absolute atomic E-state index is 11.9. The molecule has 1 aliphatic carbocycles.